The van der Waals surface area contributed by atoms with Crippen molar-refractivity contribution in [2.24, 2.45) is 5.73 Å². The van der Waals surface area contributed by atoms with Crippen molar-refractivity contribution in [3.8, 4) is 0 Å². The van der Waals surface area contributed by atoms with E-state index in [4.69, 9.17) is 10.5 Å². The molecule has 0 bridgehead atoms. The Morgan fingerprint density at radius 1 is 1.30 bits per heavy atom. The van der Waals surface area contributed by atoms with E-state index < -0.39 is 0 Å². The van der Waals surface area contributed by atoms with Crippen LogP contribution in [0.5, 0.6) is 0 Å². The normalized spacial score (nSPS) is 17.9. The van der Waals surface area contributed by atoms with Crippen LogP contribution < -0.4 is 5.73 Å². The van der Waals surface area contributed by atoms with E-state index in [2.05, 4.69) is 29.2 Å². The first-order chi connectivity index (χ1) is 9.81. The van der Waals surface area contributed by atoms with E-state index in [1.54, 1.807) is 0 Å². The summed E-state index contributed by atoms with van der Waals surface area (Å²) in [5.41, 5.74) is 7.37. The smallest absolute Gasteiger partial charge is 0.0595 e. The lowest BCUT2D eigenvalue weighted by Crippen LogP contribution is -2.36. The number of benzene rings is 1. The minimum Gasteiger partial charge on any atom is -0.381 e. The third-order valence-electron chi connectivity index (χ3n) is 4.22. The molecule has 1 saturated heterocycles. The molecule has 0 aliphatic carbocycles. The summed E-state index contributed by atoms with van der Waals surface area (Å²) in [4.78, 5) is 3.86. The van der Waals surface area contributed by atoms with Crippen molar-refractivity contribution in [1.29, 1.82) is 0 Å². The summed E-state index contributed by atoms with van der Waals surface area (Å²) in [5.74, 6) is 0. The number of likely N-dealkylation sites (tertiary alicyclic amines) is 1. The zero-order valence-electron chi connectivity index (χ0n) is 12.0. The maximum atomic E-state index is 5.94. The number of rotatable bonds is 4. The fourth-order valence-electron chi connectivity index (χ4n) is 3.01. The first-order valence-electron chi connectivity index (χ1n) is 7.26. The molecule has 0 unspecified atom stereocenters. The van der Waals surface area contributed by atoms with Crippen molar-refractivity contribution >= 4 is 21.4 Å². The summed E-state index contributed by atoms with van der Waals surface area (Å²) in [6.07, 6.45) is 2.71. The van der Waals surface area contributed by atoms with Gasteiger partial charge < -0.3 is 10.5 Å². The lowest BCUT2D eigenvalue weighted by molar-refractivity contribution is 0.0389. The van der Waals surface area contributed by atoms with Gasteiger partial charge in [0.2, 0.25) is 0 Å². The maximum absolute atomic E-state index is 5.94. The van der Waals surface area contributed by atoms with Crippen LogP contribution >= 0.6 is 11.3 Å². The van der Waals surface area contributed by atoms with Gasteiger partial charge in [0.25, 0.3) is 0 Å². The number of piperidine rings is 1. The van der Waals surface area contributed by atoms with Crippen LogP contribution in [-0.2, 0) is 17.8 Å². The van der Waals surface area contributed by atoms with E-state index >= 15 is 0 Å². The number of hydrogen-bond acceptors (Lipinski definition) is 4. The van der Waals surface area contributed by atoms with Gasteiger partial charge in [0.05, 0.1) is 6.10 Å². The molecule has 0 radical (unpaired) electrons. The first kappa shape index (κ1) is 14.0. The molecule has 4 heteroatoms. The number of thiophene rings is 1. The Hall–Kier alpha value is -0.940. The molecule has 1 fully saturated rings. The minimum absolute atomic E-state index is 0.444. The SMILES string of the molecule is COC1CCN(Cc2c(CN)sc3ccccc23)CC1. The van der Waals surface area contributed by atoms with E-state index in [-0.39, 0.29) is 0 Å². The van der Waals surface area contributed by atoms with Crippen LogP contribution in [0.4, 0.5) is 0 Å². The highest BCUT2D eigenvalue weighted by atomic mass is 32.1. The molecule has 1 aliphatic heterocycles. The summed E-state index contributed by atoms with van der Waals surface area (Å²) >= 11 is 1.84. The molecule has 1 aromatic heterocycles. The second-order valence-electron chi connectivity index (χ2n) is 5.42. The van der Waals surface area contributed by atoms with Crippen molar-refractivity contribution in [3.05, 3.63) is 34.7 Å². The van der Waals surface area contributed by atoms with E-state index in [0.29, 0.717) is 12.6 Å². The molecule has 108 valence electrons. The number of nitrogens with two attached hydrogens (primary N) is 1. The number of ether oxygens (including phenoxy) is 1. The van der Waals surface area contributed by atoms with Crippen LogP contribution in [0.15, 0.2) is 24.3 Å². The predicted octanol–water partition coefficient (Wildman–Crippen LogP) is 2.97. The topological polar surface area (TPSA) is 38.5 Å². The van der Waals surface area contributed by atoms with Crippen molar-refractivity contribution in [1.82, 2.24) is 4.90 Å². The van der Waals surface area contributed by atoms with Crippen molar-refractivity contribution in [2.75, 3.05) is 20.2 Å². The van der Waals surface area contributed by atoms with Crippen LogP contribution in [0.3, 0.4) is 0 Å². The molecule has 20 heavy (non-hydrogen) atoms. The number of hydrogen-bond donors (Lipinski definition) is 1. The van der Waals surface area contributed by atoms with Crippen molar-refractivity contribution in [2.45, 2.75) is 32.0 Å². The summed E-state index contributed by atoms with van der Waals surface area (Å²) in [6.45, 7) is 3.90. The Bertz CT molecular complexity index is 573. The van der Waals surface area contributed by atoms with Crippen LogP contribution in [0.2, 0.25) is 0 Å². The van der Waals surface area contributed by atoms with Crippen molar-refractivity contribution < 1.29 is 4.74 Å². The predicted molar refractivity (Wildman–Crippen MR) is 85.0 cm³/mol. The third-order valence-corrected chi connectivity index (χ3v) is 5.45. The highest BCUT2D eigenvalue weighted by molar-refractivity contribution is 7.19. The van der Waals surface area contributed by atoms with Gasteiger partial charge in [-0.1, -0.05) is 18.2 Å². The Balaban J connectivity index is 1.80. The molecule has 0 atom stereocenters. The van der Waals surface area contributed by atoms with Gasteiger partial charge in [0, 0.05) is 42.9 Å². The summed E-state index contributed by atoms with van der Waals surface area (Å²) < 4.78 is 6.80. The standard InChI is InChI=1S/C16H22N2OS/c1-19-12-6-8-18(9-7-12)11-14-13-4-2-3-5-15(13)20-16(14)10-17/h2-5,12H,6-11,17H2,1H3. The van der Waals surface area contributed by atoms with Crippen LogP contribution in [0.25, 0.3) is 10.1 Å². The molecular formula is C16H22N2OS. The maximum Gasteiger partial charge on any atom is 0.0595 e. The molecule has 3 nitrogen and oxygen atoms in total. The number of methoxy groups -OCH3 is 1. The Morgan fingerprint density at radius 2 is 2.05 bits per heavy atom. The monoisotopic (exact) mass is 290 g/mol. The average Bonchev–Trinajstić information content (AvgIpc) is 2.86. The molecule has 0 saturated carbocycles. The number of fused-ring (bicyclic) bond motifs is 1. The van der Waals surface area contributed by atoms with Gasteiger partial charge in [-0.15, -0.1) is 11.3 Å². The van der Waals surface area contributed by atoms with Crippen LogP contribution in [0.1, 0.15) is 23.3 Å². The molecule has 1 aliphatic rings. The molecule has 2 N–H and O–H groups in total. The Kier molecular flexibility index (Phi) is 4.36. The summed E-state index contributed by atoms with van der Waals surface area (Å²) in [7, 11) is 1.82. The zero-order valence-corrected chi connectivity index (χ0v) is 12.8. The van der Waals surface area contributed by atoms with Crippen molar-refractivity contribution in [3.63, 3.8) is 0 Å². The third kappa shape index (κ3) is 2.74. The van der Waals surface area contributed by atoms with Gasteiger partial charge in [0.15, 0.2) is 0 Å². The molecule has 1 aromatic carbocycles. The molecule has 2 aromatic rings. The van der Waals surface area contributed by atoms with Gasteiger partial charge in [0.1, 0.15) is 0 Å². The Morgan fingerprint density at radius 3 is 2.75 bits per heavy atom. The van der Waals surface area contributed by atoms with Gasteiger partial charge in [-0.25, -0.2) is 0 Å². The van der Waals surface area contributed by atoms with E-state index in [1.165, 1.54) is 20.5 Å². The van der Waals surface area contributed by atoms with E-state index in [0.717, 1.165) is 32.5 Å². The first-order valence-corrected chi connectivity index (χ1v) is 8.08. The lowest BCUT2D eigenvalue weighted by atomic mass is 10.1. The summed E-state index contributed by atoms with van der Waals surface area (Å²) in [6, 6.07) is 8.64. The van der Waals surface area contributed by atoms with Crippen LogP contribution in [-0.4, -0.2) is 31.2 Å². The van der Waals surface area contributed by atoms with E-state index in [9.17, 15) is 0 Å². The molecular weight excluding hydrogens is 268 g/mol. The number of nitrogens with zero attached hydrogens (tertiary/aromatic N) is 1. The van der Waals surface area contributed by atoms with Gasteiger partial charge >= 0.3 is 0 Å². The molecule has 0 amide bonds. The second kappa shape index (κ2) is 6.22. The largest absolute Gasteiger partial charge is 0.381 e. The lowest BCUT2D eigenvalue weighted by Gasteiger charge is -2.31. The molecule has 2 heterocycles. The zero-order chi connectivity index (χ0) is 13.9. The summed E-state index contributed by atoms with van der Waals surface area (Å²) in [5, 5.41) is 1.38. The van der Waals surface area contributed by atoms with E-state index in [1.807, 2.05) is 18.4 Å². The highest BCUT2D eigenvalue weighted by Gasteiger charge is 2.21. The quantitative estimate of drug-likeness (QED) is 0.941. The molecule has 3 rings (SSSR count). The van der Waals surface area contributed by atoms with Gasteiger partial charge in [-0.2, -0.15) is 0 Å². The Labute approximate surface area is 124 Å². The minimum atomic E-state index is 0.444. The fourth-order valence-corrected chi connectivity index (χ4v) is 4.11. The highest BCUT2D eigenvalue weighted by Crippen LogP contribution is 2.32. The second-order valence-corrected chi connectivity index (χ2v) is 6.55. The molecule has 0 spiro atoms. The average molecular weight is 290 g/mol. The van der Waals surface area contributed by atoms with Crippen LogP contribution in [0, 0.1) is 0 Å². The van der Waals surface area contributed by atoms with Gasteiger partial charge in [-0.3, -0.25) is 4.90 Å². The fraction of sp³-hybridized carbons (Fsp3) is 0.500. The van der Waals surface area contributed by atoms with Gasteiger partial charge in [-0.05, 0) is 29.9 Å².